The maximum absolute atomic E-state index is 6.76. The zero-order valence-corrected chi connectivity index (χ0v) is 30.3. The molecule has 3 atom stereocenters. The number of ether oxygens (including phenoxy) is 2. The molecule has 3 heteroatoms. The largest absolute Gasteiger partial charge is 0.344 e. The van der Waals surface area contributed by atoms with Gasteiger partial charge in [0.15, 0.2) is 5.79 Å². The molecule has 1 aliphatic carbocycles. The van der Waals surface area contributed by atoms with Crippen molar-refractivity contribution in [3.8, 4) is 0 Å². The molecule has 1 saturated heterocycles. The summed E-state index contributed by atoms with van der Waals surface area (Å²) in [7, 11) is 2.08. The van der Waals surface area contributed by atoms with Crippen LogP contribution in [0.3, 0.4) is 0 Å². The molecule has 1 saturated carbocycles. The second kappa shape index (κ2) is 27.9. The van der Waals surface area contributed by atoms with Crippen molar-refractivity contribution in [3.63, 3.8) is 0 Å². The van der Waals surface area contributed by atoms with Crippen LogP contribution in [0.1, 0.15) is 187 Å². The Kier molecular flexibility index (Phi) is 24.8. The molecule has 45 heavy (non-hydrogen) atoms. The third-order valence-electron chi connectivity index (χ3n) is 9.86. The van der Waals surface area contributed by atoms with E-state index in [0.717, 1.165) is 25.7 Å². The van der Waals surface area contributed by atoms with Gasteiger partial charge >= 0.3 is 0 Å². The summed E-state index contributed by atoms with van der Waals surface area (Å²) in [6, 6.07) is 0.538. The Balaban J connectivity index is 1.54. The van der Waals surface area contributed by atoms with Crippen LogP contribution < -0.4 is 5.32 Å². The second-order valence-electron chi connectivity index (χ2n) is 14.0. The Morgan fingerprint density at radius 2 is 0.933 bits per heavy atom. The van der Waals surface area contributed by atoms with E-state index < -0.39 is 0 Å². The van der Waals surface area contributed by atoms with E-state index in [9.17, 15) is 0 Å². The van der Waals surface area contributed by atoms with Crippen molar-refractivity contribution in [1.82, 2.24) is 5.32 Å². The fourth-order valence-corrected chi connectivity index (χ4v) is 6.97. The van der Waals surface area contributed by atoms with Crippen LogP contribution in [0.2, 0.25) is 0 Å². The molecule has 1 heterocycles. The highest BCUT2D eigenvalue weighted by molar-refractivity contribution is 4.95. The van der Waals surface area contributed by atoms with Gasteiger partial charge < -0.3 is 14.8 Å². The Hall–Kier alpha value is -1.16. The number of rotatable bonds is 29. The molecule has 3 nitrogen and oxygen atoms in total. The van der Waals surface area contributed by atoms with Gasteiger partial charge in [-0.1, -0.05) is 140 Å². The Labute approximate surface area is 281 Å². The summed E-state index contributed by atoms with van der Waals surface area (Å²) in [6.07, 6.45) is 53.4. The van der Waals surface area contributed by atoms with E-state index in [2.05, 4.69) is 74.8 Å². The van der Waals surface area contributed by atoms with Crippen molar-refractivity contribution in [2.45, 2.75) is 211 Å². The SMILES string of the molecule is CCCCCC=CCC=CCCCCCCCC1OC2(CCC(NC)C2)OC1CCCCCCCC=CCC=CCCCCC. The molecule has 2 rings (SSSR count). The van der Waals surface area contributed by atoms with Crippen LogP contribution in [0.15, 0.2) is 48.6 Å². The maximum atomic E-state index is 6.76. The lowest BCUT2D eigenvalue weighted by Crippen LogP contribution is -2.31. The normalized spacial score (nSPS) is 23.8. The van der Waals surface area contributed by atoms with Crippen LogP contribution in [0.4, 0.5) is 0 Å². The van der Waals surface area contributed by atoms with Gasteiger partial charge in [-0.25, -0.2) is 0 Å². The molecule has 260 valence electrons. The number of unbranched alkanes of at least 4 members (excludes halogenated alkanes) is 16. The quantitative estimate of drug-likeness (QED) is 0.0662. The average Bonchev–Trinajstić information content (AvgIpc) is 3.62. The number of nitrogens with one attached hydrogen (secondary N) is 1. The molecular formula is C42H75NO2. The Morgan fingerprint density at radius 1 is 0.533 bits per heavy atom. The summed E-state index contributed by atoms with van der Waals surface area (Å²) in [4.78, 5) is 0. The van der Waals surface area contributed by atoms with Crippen molar-refractivity contribution < 1.29 is 9.47 Å². The number of allylic oxidation sites excluding steroid dienone is 8. The van der Waals surface area contributed by atoms with Crippen LogP contribution in [0.5, 0.6) is 0 Å². The zero-order chi connectivity index (χ0) is 32.1. The summed E-state index contributed by atoms with van der Waals surface area (Å²) in [5.74, 6) is -0.308. The van der Waals surface area contributed by atoms with E-state index in [1.165, 1.54) is 148 Å². The van der Waals surface area contributed by atoms with Gasteiger partial charge in [0.25, 0.3) is 0 Å². The summed E-state index contributed by atoms with van der Waals surface area (Å²) in [5.41, 5.74) is 0. The van der Waals surface area contributed by atoms with E-state index in [1.54, 1.807) is 0 Å². The Morgan fingerprint density at radius 3 is 1.33 bits per heavy atom. The lowest BCUT2D eigenvalue weighted by atomic mass is 9.99. The van der Waals surface area contributed by atoms with Gasteiger partial charge in [0.2, 0.25) is 0 Å². The molecular weight excluding hydrogens is 550 g/mol. The fraction of sp³-hybridized carbons (Fsp3) is 0.810. The highest BCUT2D eigenvalue weighted by atomic mass is 16.8. The van der Waals surface area contributed by atoms with Crippen molar-refractivity contribution in [2.24, 2.45) is 0 Å². The highest BCUT2D eigenvalue weighted by Gasteiger charge is 2.50. The molecule has 2 aliphatic rings. The standard InChI is InChI=1S/C42H75NO2/c1-4-6-8-10-12-14-16-18-20-22-24-26-28-30-32-34-40-41(45-42(44-40)37-36-39(38-42)43-3)35-33-31-29-27-25-23-21-19-17-15-13-11-9-7-5-2/h12-15,18-21,39-41,43H,4-11,16-17,22-38H2,1-3H3. The second-order valence-corrected chi connectivity index (χ2v) is 14.0. The minimum atomic E-state index is -0.308. The first-order valence-corrected chi connectivity index (χ1v) is 19.9. The third-order valence-corrected chi connectivity index (χ3v) is 9.86. The van der Waals surface area contributed by atoms with Crippen LogP contribution in [-0.4, -0.2) is 31.1 Å². The van der Waals surface area contributed by atoms with Crippen LogP contribution in [0, 0.1) is 0 Å². The van der Waals surface area contributed by atoms with Crippen LogP contribution in [0.25, 0.3) is 0 Å². The van der Waals surface area contributed by atoms with E-state index in [0.29, 0.717) is 18.2 Å². The van der Waals surface area contributed by atoms with Gasteiger partial charge in [0, 0.05) is 18.9 Å². The van der Waals surface area contributed by atoms with Crippen molar-refractivity contribution in [3.05, 3.63) is 48.6 Å². The Bertz CT molecular complexity index is 730. The molecule has 0 bridgehead atoms. The first-order chi connectivity index (χ1) is 22.2. The molecule has 2 fully saturated rings. The lowest BCUT2D eigenvalue weighted by molar-refractivity contribution is -0.171. The number of hydrogen-bond acceptors (Lipinski definition) is 3. The first-order valence-electron chi connectivity index (χ1n) is 19.9. The predicted molar refractivity (Wildman–Crippen MR) is 198 cm³/mol. The van der Waals surface area contributed by atoms with Gasteiger partial charge in [-0.3, -0.25) is 0 Å². The summed E-state index contributed by atoms with van der Waals surface area (Å²) in [6.45, 7) is 4.54. The summed E-state index contributed by atoms with van der Waals surface area (Å²) < 4.78 is 13.5. The molecule has 0 aromatic heterocycles. The molecule has 0 amide bonds. The summed E-state index contributed by atoms with van der Waals surface area (Å²) >= 11 is 0. The first kappa shape index (κ1) is 40.0. The van der Waals surface area contributed by atoms with Gasteiger partial charge in [-0.2, -0.15) is 0 Å². The minimum Gasteiger partial charge on any atom is -0.344 e. The van der Waals surface area contributed by atoms with E-state index in [1.807, 2.05) is 0 Å². The smallest absolute Gasteiger partial charge is 0.170 e. The molecule has 1 N–H and O–H groups in total. The van der Waals surface area contributed by atoms with E-state index in [-0.39, 0.29) is 5.79 Å². The average molecular weight is 626 g/mol. The van der Waals surface area contributed by atoms with Gasteiger partial charge in [-0.05, 0) is 90.5 Å². The monoisotopic (exact) mass is 626 g/mol. The maximum Gasteiger partial charge on any atom is 0.170 e. The predicted octanol–water partition coefficient (Wildman–Crippen LogP) is 12.9. The van der Waals surface area contributed by atoms with Crippen molar-refractivity contribution in [2.75, 3.05) is 7.05 Å². The summed E-state index contributed by atoms with van der Waals surface area (Å²) in [5, 5.41) is 3.47. The zero-order valence-electron chi connectivity index (χ0n) is 30.3. The van der Waals surface area contributed by atoms with E-state index >= 15 is 0 Å². The molecule has 1 spiro atoms. The minimum absolute atomic E-state index is 0.296. The van der Waals surface area contributed by atoms with Crippen LogP contribution in [-0.2, 0) is 9.47 Å². The van der Waals surface area contributed by atoms with Crippen LogP contribution >= 0.6 is 0 Å². The highest BCUT2D eigenvalue weighted by Crippen LogP contribution is 2.44. The molecule has 0 radical (unpaired) electrons. The molecule has 1 aliphatic heterocycles. The molecule has 0 aromatic rings. The number of hydrogen-bond donors (Lipinski definition) is 1. The molecule has 3 unspecified atom stereocenters. The van der Waals surface area contributed by atoms with Gasteiger partial charge in [-0.15, -0.1) is 0 Å². The van der Waals surface area contributed by atoms with Crippen molar-refractivity contribution >= 4 is 0 Å². The topological polar surface area (TPSA) is 30.5 Å². The van der Waals surface area contributed by atoms with Crippen molar-refractivity contribution in [1.29, 1.82) is 0 Å². The fourth-order valence-electron chi connectivity index (χ4n) is 6.97. The van der Waals surface area contributed by atoms with Gasteiger partial charge in [0.1, 0.15) is 0 Å². The van der Waals surface area contributed by atoms with Gasteiger partial charge in [0.05, 0.1) is 12.2 Å². The lowest BCUT2D eigenvalue weighted by Gasteiger charge is -2.23. The third kappa shape index (κ3) is 20.0. The molecule has 0 aromatic carbocycles. The van der Waals surface area contributed by atoms with E-state index in [4.69, 9.17) is 9.47 Å².